The van der Waals surface area contributed by atoms with Gasteiger partial charge in [0.25, 0.3) is 11.5 Å². The molecule has 26 heavy (non-hydrogen) atoms. The molecule has 2 heterocycles. The molecule has 0 atom stereocenters. The van der Waals surface area contributed by atoms with Gasteiger partial charge >= 0.3 is 0 Å². The van der Waals surface area contributed by atoms with E-state index in [-0.39, 0.29) is 11.5 Å². The highest BCUT2D eigenvalue weighted by Gasteiger charge is 2.08. The molecule has 2 aromatic heterocycles. The van der Waals surface area contributed by atoms with Gasteiger partial charge in [-0.25, -0.2) is 4.68 Å². The first-order valence-electron chi connectivity index (χ1n) is 7.80. The zero-order valence-electron chi connectivity index (χ0n) is 13.9. The largest absolute Gasteiger partial charge is 0.379 e. The number of nitrogens with zero attached hydrogens (tertiary/aromatic N) is 3. The number of aryl methyl sites for hydroxylation is 1. The summed E-state index contributed by atoms with van der Waals surface area (Å²) in [5.41, 5.74) is 2.57. The molecule has 2 N–H and O–H groups in total. The van der Waals surface area contributed by atoms with Crippen LogP contribution in [0.2, 0.25) is 0 Å². The highest BCUT2D eigenvalue weighted by molar-refractivity contribution is 9.10. The number of carbonyl (C=O) groups excluding carboxylic acids is 1. The van der Waals surface area contributed by atoms with Crippen LogP contribution in [0.25, 0.3) is 0 Å². The number of hydrogen-bond acceptors (Lipinski definition) is 5. The maximum absolute atomic E-state index is 12.2. The van der Waals surface area contributed by atoms with Crippen LogP contribution in [0.3, 0.4) is 0 Å². The number of anilines is 2. The molecule has 0 saturated carbocycles. The van der Waals surface area contributed by atoms with E-state index in [2.05, 4.69) is 36.6 Å². The Balaban J connectivity index is 1.69. The molecule has 7 nitrogen and oxygen atoms in total. The molecule has 0 fully saturated rings. The Bertz CT molecular complexity index is 988. The van der Waals surface area contributed by atoms with Gasteiger partial charge in [-0.1, -0.05) is 12.1 Å². The molecule has 0 spiro atoms. The van der Waals surface area contributed by atoms with E-state index >= 15 is 0 Å². The van der Waals surface area contributed by atoms with Gasteiger partial charge in [-0.2, -0.15) is 5.10 Å². The molecule has 0 aliphatic rings. The molecule has 3 aromatic rings. The topological polar surface area (TPSA) is 88.9 Å². The maximum Gasteiger partial charge on any atom is 0.282 e. The lowest BCUT2D eigenvalue weighted by atomic mass is 10.2. The molecular formula is C18H16BrN5O2. The molecule has 0 aliphatic carbocycles. The normalized spacial score (nSPS) is 10.4. The summed E-state index contributed by atoms with van der Waals surface area (Å²) in [5.74, 6) is -0.198. The lowest BCUT2D eigenvalue weighted by molar-refractivity contribution is 0.102. The van der Waals surface area contributed by atoms with E-state index in [1.165, 1.54) is 4.68 Å². The van der Waals surface area contributed by atoms with E-state index in [0.29, 0.717) is 28.0 Å². The van der Waals surface area contributed by atoms with Crippen LogP contribution in [0.5, 0.6) is 0 Å². The monoisotopic (exact) mass is 413 g/mol. The summed E-state index contributed by atoms with van der Waals surface area (Å²) in [6.45, 7) is 0.479. The third kappa shape index (κ3) is 4.15. The zero-order chi connectivity index (χ0) is 18.5. The Morgan fingerprint density at radius 2 is 2.00 bits per heavy atom. The van der Waals surface area contributed by atoms with Gasteiger partial charge in [0.2, 0.25) is 0 Å². The molecule has 132 valence electrons. The number of carbonyl (C=O) groups is 1. The lowest BCUT2D eigenvalue weighted by Gasteiger charge is -2.10. The van der Waals surface area contributed by atoms with Crippen LogP contribution in [0.15, 0.2) is 64.3 Å². The van der Waals surface area contributed by atoms with Gasteiger partial charge in [-0.3, -0.25) is 14.6 Å². The fourth-order valence-corrected chi connectivity index (χ4v) is 2.80. The summed E-state index contributed by atoms with van der Waals surface area (Å²) in [7, 11) is 1.59. The number of rotatable bonds is 5. The summed E-state index contributed by atoms with van der Waals surface area (Å²) in [6.07, 6.45) is 4.73. The second-order valence-corrected chi connectivity index (χ2v) is 6.34. The Hall–Kier alpha value is -3.00. The fourth-order valence-electron chi connectivity index (χ4n) is 2.30. The summed E-state index contributed by atoms with van der Waals surface area (Å²) >= 11 is 3.28. The number of aromatic nitrogens is 3. The van der Waals surface area contributed by atoms with Gasteiger partial charge in [0.05, 0.1) is 11.9 Å². The smallest absolute Gasteiger partial charge is 0.282 e. The van der Waals surface area contributed by atoms with E-state index in [4.69, 9.17) is 0 Å². The highest BCUT2D eigenvalue weighted by Crippen LogP contribution is 2.18. The van der Waals surface area contributed by atoms with Crippen molar-refractivity contribution in [2.24, 2.45) is 7.05 Å². The van der Waals surface area contributed by atoms with Crippen molar-refractivity contribution in [1.82, 2.24) is 14.8 Å². The van der Waals surface area contributed by atoms with Crippen LogP contribution < -0.4 is 16.2 Å². The summed E-state index contributed by atoms with van der Waals surface area (Å²) in [6, 6.07) is 10.8. The number of halogens is 1. The average Bonchev–Trinajstić information content (AvgIpc) is 2.66. The number of hydrogen-bond donors (Lipinski definition) is 2. The average molecular weight is 414 g/mol. The van der Waals surface area contributed by atoms with Crippen molar-refractivity contribution in [3.63, 3.8) is 0 Å². The number of nitrogens with one attached hydrogen (secondary N) is 2. The molecule has 0 radical (unpaired) electrons. The minimum absolute atomic E-state index is 0.198. The van der Waals surface area contributed by atoms with E-state index < -0.39 is 0 Å². The van der Waals surface area contributed by atoms with E-state index in [1.54, 1.807) is 37.8 Å². The molecule has 8 heteroatoms. The zero-order valence-corrected chi connectivity index (χ0v) is 15.5. The third-order valence-corrected chi connectivity index (χ3v) is 4.45. The first kappa shape index (κ1) is 17.8. The summed E-state index contributed by atoms with van der Waals surface area (Å²) in [5, 5.41) is 10.0. The van der Waals surface area contributed by atoms with Crippen molar-refractivity contribution in [3.8, 4) is 0 Å². The minimum atomic E-state index is -0.214. The fraction of sp³-hybridized carbons (Fsp3) is 0.111. The van der Waals surface area contributed by atoms with Crippen molar-refractivity contribution in [3.05, 3.63) is 80.9 Å². The SMILES string of the molecule is Cn1ncc(NCc2cccc(NC(=O)c3ccncc3)c2)c(Br)c1=O. The summed E-state index contributed by atoms with van der Waals surface area (Å²) < 4.78 is 1.68. The van der Waals surface area contributed by atoms with Crippen LogP contribution in [0, 0.1) is 0 Å². The van der Waals surface area contributed by atoms with Crippen molar-refractivity contribution < 1.29 is 4.79 Å². The number of pyridine rings is 1. The second kappa shape index (κ2) is 7.92. The molecule has 0 aliphatic heterocycles. The Labute approximate surface area is 158 Å². The van der Waals surface area contributed by atoms with Crippen LogP contribution in [0.4, 0.5) is 11.4 Å². The van der Waals surface area contributed by atoms with Crippen molar-refractivity contribution in [1.29, 1.82) is 0 Å². The van der Waals surface area contributed by atoms with Crippen LogP contribution in [-0.4, -0.2) is 20.7 Å². The number of amides is 1. The molecule has 1 amide bonds. The van der Waals surface area contributed by atoms with Gasteiger partial charge in [-0.05, 0) is 45.8 Å². The Morgan fingerprint density at radius 1 is 1.23 bits per heavy atom. The highest BCUT2D eigenvalue weighted by atomic mass is 79.9. The third-order valence-electron chi connectivity index (χ3n) is 3.69. The Morgan fingerprint density at radius 3 is 2.77 bits per heavy atom. The van der Waals surface area contributed by atoms with Crippen molar-refractivity contribution in [2.75, 3.05) is 10.6 Å². The van der Waals surface area contributed by atoms with Gasteiger partial charge in [0.15, 0.2) is 0 Å². The molecule has 1 aromatic carbocycles. The quantitative estimate of drug-likeness (QED) is 0.671. The van der Waals surface area contributed by atoms with E-state index in [0.717, 1.165) is 5.56 Å². The lowest BCUT2D eigenvalue weighted by Crippen LogP contribution is -2.21. The molecule has 0 unspecified atom stereocenters. The first-order valence-corrected chi connectivity index (χ1v) is 8.60. The van der Waals surface area contributed by atoms with Crippen LogP contribution in [-0.2, 0) is 13.6 Å². The second-order valence-electron chi connectivity index (χ2n) is 5.54. The van der Waals surface area contributed by atoms with Crippen LogP contribution >= 0.6 is 15.9 Å². The van der Waals surface area contributed by atoms with E-state index in [9.17, 15) is 9.59 Å². The first-order chi connectivity index (χ1) is 12.5. The van der Waals surface area contributed by atoms with Gasteiger partial charge in [-0.15, -0.1) is 0 Å². The molecule has 0 bridgehead atoms. The van der Waals surface area contributed by atoms with Gasteiger partial charge in [0.1, 0.15) is 4.47 Å². The van der Waals surface area contributed by atoms with Crippen molar-refractivity contribution in [2.45, 2.75) is 6.54 Å². The minimum Gasteiger partial charge on any atom is -0.379 e. The molecular weight excluding hydrogens is 398 g/mol. The predicted molar refractivity (Wildman–Crippen MR) is 103 cm³/mol. The van der Waals surface area contributed by atoms with Crippen LogP contribution in [0.1, 0.15) is 15.9 Å². The molecule has 0 saturated heterocycles. The standard InChI is InChI=1S/C18H16BrN5O2/c1-24-18(26)16(19)15(11-22-24)21-10-12-3-2-4-14(9-12)23-17(25)13-5-7-20-8-6-13/h2-9,11,21H,10H2,1H3,(H,23,25). The van der Waals surface area contributed by atoms with E-state index in [1.807, 2.05) is 24.3 Å². The van der Waals surface area contributed by atoms with Gasteiger partial charge < -0.3 is 10.6 Å². The summed E-state index contributed by atoms with van der Waals surface area (Å²) in [4.78, 5) is 28.0. The van der Waals surface area contributed by atoms with Gasteiger partial charge in [0, 0.05) is 37.2 Å². The number of benzene rings is 1. The molecule has 3 rings (SSSR count). The predicted octanol–water partition coefficient (Wildman–Crippen LogP) is 2.80. The Kier molecular flexibility index (Phi) is 5.43. The van der Waals surface area contributed by atoms with Crippen molar-refractivity contribution >= 4 is 33.2 Å². The maximum atomic E-state index is 12.2.